The highest BCUT2D eigenvalue weighted by molar-refractivity contribution is 9.13. The molecule has 0 amide bonds. The van der Waals surface area contributed by atoms with Gasteiger partial charge in [-0.1, -0.05) is 6.07 Å². The van der Waals surface area contributed by atoms with E-state index < -0.39 is 0 Å². The lowest BCUT2D eigenvalue weighted by Gasteiger charge is -2.06. The number of hydrogen-bond donors (Lipinski definition) is 0. The van der Waals surface area contributed by atoms with E-state index >= 15 is 0 Å². The van der Waals surface area contributed by atoms with Crippen LogP contribution >= 0.6 is 31.9 Å². The second-order valence-electron chi connectivity index (χ2n) is 2.66. The maximum Gasteiger partial charge on any atom is 0.0603 e. The van der Waals surface area contributed by atoms with Crippen LogP contribution in [0.15, 0.2) is 51.7 Å². The standard InChI is InChI=1S/C10H7Br2N/c11-8-4-3-5-9(10(8)12)13-6-1-2-7-13/h1-7H. The van der Waals surface area contributed by atoms with E-state index in [1.165, 1.54) is 0 Å². The number of halogens is 2. The predicted octanol–water partition coefficient (Wildman–Crippen LogP) is 4.00. The zero-order chi connectivity index (χ0) is 9.26. The van der Waals surface area contributed by atoms with Crippen molar-refractivity contribution in [1.82, 2.24) is 4.57 Å². The lowest BCUT2D eigenvalue weighted by molar-refractivity contribution is 1.07. The fourth-order valence-corrected chi connectivity index (χ4v) is 2.01. The second-order valence-corrected chi connectivity index (χ2v) is 4.31. The molecule has 0 saturated carbocycles. The lowest BCUT2D eigenvalue weighted by atomic mass is 10.3. The third kappa shape index (κ3) is 1.71. The maximum atomic E-state index is 3.53. The topological polar surface area (TPSA) is 4.93 Å². The van der Waals surface area contributed by atoms with E-state index in [1.807, 2.05) is 36.7 Å². The van der Waals surface area contributed by atoms with E-state index in [1.54, 1.807) is 0 Å². The van der Waals surface area contributed by atoms with E-state index in [9.17, 15) is 0 Å². The Morgan fingerprint density at radius 3 is 2.31 bits per heavy atom. The average Bonchev–Trinajstić information content (AvgIpc) is 2.62. The SMILES string of the molecule is Brc1cccc(-n2cccc2)c1Br. The molecule has 13 heavy (non-hydrogen) atoms. The number of nitrogens with zero attached hydrogens (tertiary/aromatic N) is 1. The van der Waals surface area contributed by atoms with Gasteiger partial charge < -0.3 is 4.57 Å². The highest BCUT2D eigenvalue weighted by Gasteiger charge is 2.03. The quantitative estimate of drug-likeness (QED) is 0.750. The molecule has 1 aromatic heterocycles. The van der Waals surface area contributed by atoms with Crippen LogP contribution in [0.5, 0.6) is 0 Å². The smallest absolute Gasteiger partial charge is 0.0603 e. The molecule has 3 heteroatoms. The van der Waals surface area contributed by atoms with Crippen molar-refractivity contribution < 1.29 is 0 Å². The van der Waals surface area contributed by atoms with Crippen molar-refractivity contribution in [1.29, 1.82) is 0 Å². The highest BCUT2D eigenvalue weighted by atomic mass is 79.9. The largest absolute Gasteiger partial charge is 0.323 e. The number of hydrogen-bond acceptors (Lipinski definition) is 0. The molecule has 1 aromatic carbocycles. The minimum atomic E-state index is 1.07. The van der Waals surface area contributed by atoms with Gasteiger partial charge in [0.05, 0.1) is 10.2 Å². The van der Waals surface area contributed by atoms with Crippen LogP contribution in [0.25, 0.3) is 5.69 Å². The first kappa shape index (κ1) is 9.03. The highest BCUT2D eigenvalue weighted by Crippen LogP contribution is 2.29. The van der Waals surface area contributed by atoms with Gasteiger partial charge in [-0.25, -0.2) is 0 Å². The van der Waals surface area contributed by atoms with Gasteiger partial charge in [0.25, 0.3) is 0 Å². The second kappa shape index (κ2) is 3.68. The molecule has 0 aliphatic carbocycles. The van der Waals surface area contributed by atoms with E-state index in [4.69, 9.17) is 0 Å². The first-order chi connectivity index (χ1) is 6.29. The zero-order valence-corrected chi connectivity index (χ0v) is 9.92. The van der Waals surface area contributed by atoms with E-state index in [0.717, 1.165) is 14.6 Å². The number of aromatic nitrogens is 1. The van der Waals surface area contributed by atoms with Gasteiger partial charge in [-0.2, -0.15) is 0 Å². The third-order valence-corrected chi connectivity index (χ3v) is 3.84. The minimum absolute atomic E-state index is 1.07. The van der Waals surface area contributed by atoms with E-state index in [2.05, 4.69) is 42.5 Å². The molecule has 0 spiro atoms. The monoisotopic (exact) mass is 299 g/mol. The van der Waals surface area contributed by atoms with E-state index in [0.29, 0.717) is 0 Å². The molecule has 0 unspecified atom stereocenters. The van der Waals surface area contributed by atoms with Crippen molar-refractivity contribution in [3.05, 3.63) is 51.7 Å². The van der Waals surface area contributed by atoms with Gasteiger partial charge >= 0.3 is 0 Å². The molecule has 0 aliphatic rings. The summed E-state index contributed by atoms with van der Waals surface area (Å²) in [4.78, 5) is 0. The average molecular weight is 301 g/mol. The Bertz CT molecular complexity index is 407. The molecule has 0 radical (unpaired) electrons. The van der Waals surface area contributed by atoms with Crippen LogP contribution in [0.3, 0.4) is 0 Å². The summed E-state index contributed by atoms with van der Waals surface area (Å²) in [6.45, 7) is 0. The maximum absolute atomic E-state index is 3.53. The summed E-state index contributed by atoms with van der Waals surface area (Å²) in [6, 6.07) is 10.1. The lowest BCUT2D eigenvalue weighted by Crippen LogP contribution is -1.90. The first-order valence-corrected chi connectivity index (χ1v) is 5.45. The molecule has 0 fully saturated rings. The molecular weight excluding hydrogens is 294 g/mol. The summed E-state index contributed by atoms with van der Waals surface area (Å²) >= 11 is 7.01. The van der Waals surface area contributed by atoms with Crippen molar-refractivity contribution >= 4 is 31.9 Å². The van der Waals surface area contributed by atoms with Gasteiger partial charge in [0.15, 0.2) is 0 Å². The molecule has 0 aliphatic heterocycles. The van der Waals surface area contributed by atoms with Gasteiger partial charge in [0, 0.05) is 16.9 Å². The van der Waals surface area contributed by atoms with Crippen LogP contribution in [0.4, 0.5) is 0 Å². The van der Waals surface area contributed by atoms with Crippen LogP contribution in [0.1, 0.15) is 0 Å². The van der Waals surface area contributed by atoms with Crippen LogP contribution < -0.4 is 0 Å². The Balaban J connectivity index is 2.59. The number of benzene rings is 1. The molecule has 66 valence electrons. The summed E-state index contributed by atoms with van der Waals surface area (Å²) < 4.78 is 4.21. The Labute approximate surface area is 93.6 Å². The van der Waals surface area contributed by atoms with Crippen LogP contribution in [-0.4, -0.2) is 4.57 Å². The van der Waals surface area contributed by atoms with Gasteiger partial charge in [0.2, 0.25) is 0 Å². The molecule has 1 heterocycles. The normalized spacial score (nSPS) is 10.3. The Morgan fingerprint density at radius 1 is 0.923 bits per heavy atom. The minimum Gasteiger partial charge on any atom is -0.323 e. The van der Waals surface area contributed by atoms with Crippen molar-refractivity contribution in [3.63, 3.8) is 0 Å². The summed E-state index contributed by atoms with van der Waals surface area (Å²) in [5.41, 5.74) is 1.14. The zero-order valence-electron chi connectivity index (χ0n) is 6.74. The molecule has 0 bridgehead atoms. The summed E-state index contributed by atoms with van der Waals surface area (Å²) in [6.07, 6.45) is 4.04. The number of rotatable bonds is 1. The van der Waals surface area contributed by atoms with Crippen molar-refractivity contribution in [2.45, 2.75) is 0 Å². The fraction of sp³-hybridized carbons (Fsp3) is 0. The molecule has 0 atom stereocenters. The summed E-state index contributed by atoms with van der Waals surface area (Å²) in [5.74, 6) is 0. The van der Waals surface area contributed by atoms with Crippen molar-refractivity contribution in [3.8, 4) is 5.69 Å². The van der Waals surface area contributed by atoms with Gasteiger partial charge in [0.1, 0.15) is 0 Å². The fourth-order valence-electron chi connectivity index (χ4n) is 1.19. The molecule has 0 N–H and O–H groups in total. The molecule has 2 aromatic rings. The van der Waals surface area contributed by atoms with Crippen molar-refractivity contribution in [2.24, 2.45) is 0 Å². The summed E-state index contributed by atoms with van der Waals surface area (Å²) in [5, 5.41) is 0. The van der Waals surface area contributed by atoms with Crippen LogP contribution in [-0.2, 0) is 0 Å². The molecule has 1 nitrogen and oxygen atoms in total. The molecule has 0 saturated heterocycles. The summed E-state index contributed by atoms with van der Waals surface area (Å²) in [7, 11) is 0. The Morgan fingerprint density at radius 2 is 1.62 bits per heavy atom. The third-order valence-electron chi connectivity index (χ3n) is 1.81. The first-order valence-electron chi connectivity index (χ1n) is 3.86. The van der Waals surface area contributed by atoms with Gasteiger partial charge in [-0.3, -0.25) is 0 Å². The van der Waals surface area contributed by atoms with Crippen molar-refractivity contribution in [2.75, 3.05) is 0 Å². The van der Waals surface area contributed by atoms with Gasteiger partial charge in [-0.15, -0.1) is 0 Å². The van der Waals surface area contributed by atoms with Crippen LogP contribution in [0.2, 0.25) is 0 Å². The molecule has 2 rings (SSSR count). The van der Waals surface area contributed by atoms with E-state index in [-0.39, 0.29) is 0 Å². The Hall–Kier alpha value is -0.540. The Kier molecular flexibility index (Phi) is 2.56. The van der Waals surface area contributed by atoms with Gasteiger partial charge in [-0.05, 0) is 56.1 Å². The van der Waals surface area contributed by atoms with Crippen LogP contribution in [0, 0.1) is 0 Å². The molecular formula is C10H7Br2N. The predicted molar refractivity (Wildman–Crippen MR) is 61.2 cm³/mol.